The molecule has 0 spiro atoms. The average Bonchev–Trinajstić information content (AvgIpc) is 2.41. The van der Waals surface area contributed by atoms with Crippen LogP contribution in [0, 0.1) is 10.1 Å². The minimum Gasteiger partial charge on any atom is -0.377 e. The Bertz CT molecular complexity index is 473. The number of nitrogens with zero attached hydrogens (tertiary/aromatic N) is 2. The van der Waals surface area contributed by atoms with Crippen LogP contribution >= 0.6 is 11.6 Å². The first kappa shape index (κ1) is 15.1. The van der Waals surface area contributed by atoms with Crippen molar-refractivity contribution in [2.75, 3.05) is 25.0 Å². The second kappa shape index (κ2) is 6.90. The lowest BCUT2D eigenvalue weighted by molar-refractivity contribution is -0.384. The second-order valence-corrected chi connectivity index (χ2v) is 5.62. The Hall–Kier alpha value is -1.33. The van der Waals surface area contributed by atoms with Crippen molar-refractivity contribution < 1.29 is 4.92 Å². The fourth-order valence-electron chi connectivity index (χ4n) is 2.62. The zero-order chi connectivity index (χ0) is 14.5. The number of likely N-dealkylation sites (tertiary alicyclic amines) is 1. The Kier molecular flexibility index (Phi) is 5.20. The van der Waals surface area contributed by atoms with Crippen LogP contribution in [0.25, 0.3) is 0 Å². The molecule has 2 rings (SSSR count). The van der Waals surface area contributed by atoms with Gasteiger partial charge >= 0.3 is 0 Å². The minimum atomic E-state index is -0.370. The number of hydrogen-bond acceptors (Lipinski definition) is 4. The molecule has 0 atom stereocenters. The van der Waals surface area contributed by atoms with Gasteiger partial charge in [0.2, 0.25) is 0 Å². The van der Waals surface area contributed by atoms with Gasteiger partial charge in [-0.05, 0) is 37.9 Å². The number of nitro groups is 1. The molecule has 0 aromatic heterocycles. The quantitative estimate of drug-likeness (QED) is 0.667. The second-order valence-electron chi connectivity index (χ2n) is 5.18. The highest BCUT2D eigenvalue weighted by Gasteiger charge is 2.21. The zero-order valence-electron chi connectivity index (χ0n) is 11.6. The van der Waals surface area contributed by atoms with Crippen molar-refractivity contribution >= 4 is 23.0 Å². The predicted octanol–water partition coefficient (Wildman–Crippen LogP) is 3.53. The number of piperidine rings is 1. The molecule has 0 aliphatic carbocycles. The third kappa shape index (κ3) is 3.84. The van der Waals surface area contributed by atoms with Crippen molar-refractivity contribution in [1.29, 1.82) is 0 Å². The summed E-state index contributed by atoms with van der Waals surface area (Å²) < 4.78 is 0. The van der Waals surface area contributed by atoms with E-state index in [2.05, 4.69) is 17.1 Å². The molecule has 5 nitrogen and oxygen atoms in total. The van der Waals surface area contributed by atoms with Gasteiger partial charge in [-0.2, -0.15) is 0 Å². The molecule has 0 amide bonds. The molecule has 1 aliphatic rings. The van der Waals surface area contributed by atoms with E-state index in [1.54, 1.807) is 12.1 Å². The number of anilines is 1. The van der Waals surface area contributed by atoms with Crippen molar-refractivity contribution in [2.24, 2.45) is 0 Å². The van der Waals surface area contributed by atoms with Gasteiger partial charge in [-0.25, -0.2) is 0 Å². The van der Waals surface area contributed by atoms with Gasteiger partial charge < -0.3 is 10.2 Å². The van der Waals surface area contributed by atoms with E-state index in [1.165, 1.54) is 6.07 Å². The SMILES string of the molecule is CCCN1CCC(Nc2cc(Cl)ccc2[N+](=O)[O-])CC1. The molecule has 0 radical (unpaired) electrons. The maximum absolute atomic E-state index is 11.0. The standard InChI is InChI=1S/C14H20ClN3O2/c1-2-7-17-8-5-12(6-9-17)16-13-10-11(15)3-4-14(13)18(19)20/h3-4,10,12,16H,2,5-9H2,1H3. The summed E-state index contributed by atoms with van der Waals surface area (Å²) >= 11 is 5.93. The van der Waals surface area contributed by atoms with Crippen LogP contribution in [-0.4, -0.2) is 35.5 Å². The molecule has 1 heterocycles. The van der Waals surface area contributed by atoms with Crippen molar-refractivity contribution in [2.45, 2.75) is 32.2 Å². The molecule has 20 heavy (non-hydrogen) atoms. The average molecular weight is 298 g/mol. The molecule has 110 valence electrons. The van der Waals surface area contributed by atoms with E-state index in [0.29, 0.717) is 10.7 Å². The van der Waals surface area contributed by atoms with E-state index in [-0.39, 0.29) is 16.7 Å². The maximum atomic E-state index is 11.0. The fourth-order valence-corrected chi connectivity index (χ4v) is 2.79. The Morgan fingerprint density at radius 3 is 2.75 bits per heavy atom. The molecule has 0 saturated carbocycles. The topological polar surface area (TPSA) is 58.4 Å². The van der Waals surface area contributed by atoms with E-state index in [4.69, 9.17) is 11.6 Å². The van der Waals surface area contributed by atoms with Crippen molar-refractivity contribution in [3.05, 3.63) is 33.3 Å². The summed E-state index contributed by atoms with van der Waals surface area (Å²) in [5, 5.41) is 14.8. The third-order valence-electron chi connectivity index (χ3n) is 3.64. The molecular formula is C14H20ClN3O2. The molecule has 0 bridgehead atoms. The summed E-state index contributed by atoms with van der Waals surface area (Å²) in [6.45, 7) is 5.39. The van der Waals surface area contributed by atoms with Crippen molar-refractivity contribution in [3.63, 3.8) is 0 Å². The number of halogens is 1. The monoisotopic (exact) mass is 297 g/mol. The van der Waals surface area contributed by atoms with E-state index in [9.17, 15) is 10.1 Å². The van der Waals surface area contributed by atoms with Gasteiger partial charge in [0.15, 0.2) is 0 Å². The first-order valence-electron chi connectivity index (χ1n) is 7.03. The number of hydrogen-bond donors (Lipinski definition) is 1. The highest BCUT2D eigenvalue weighted by molar-refractivity contribution is 6.31. The lowest BCUT2D eigenvalue weighted by atomic mass is 10.0. The van der Waals surface area contributed by atoms with E-state index in [0.717, 1.165) is 38.9 Å². The van der Waals surface area contributed by atoms with E-state index in [1.807, 2.05) is 0 Å². The maximum Gasteiger partial charge on any atom is 0.292 e. The summed E-state index contributed by atoms with van der Waals surface area (Å²) in [6.07, 6.45) is 3.17. The molecular weight excluding hydrogens is 278 g/mol. The Morgan fingerprint density at radius 2 is 2.15 bits per heavy atom. The van der Waals surface area contributed by atoms with Gasteiger partial charge in [-0.1, -0.05) is 18.5 Å². The molecule has 1 N–H and O–H groups in total. The number of benzene rings is 1. The Balaban J connectivity index is 2.00. The largest absolute Gasteiger partial charge is 0.377 e. The summed E-state index contributed by atoms with van der Waals surface area (Å²) in [4.78, 5) is 13.1. The smallest absolute Gasteiger partial charge is 0.292 e. The van der Waals surface area contributed by atoms with Gasteiger partial charge in [0.1, 0.15) is 5.69 Å². The molecule has 1 saturated heterocycles. The van der Waals surface area contributed by atoms with Gasteiger partial charge in [-0.15, -0.1) is 0 Å². The van der Waals surface area contributed by atoms with Crippen molar-refractivity contribution in [3.8, 4) is 0 Å². The van der Waals surface area contributed by atoms with Gasteiger partial charge in [-0.3, -0.25) is 10.1 Å². The molecule has 1 aromatic rings. The van der Waals surface area contributed by atoms with E-state index >= 15 is 0 Å². The highest BCUT2D eigenvalue weighted by Crippen LogP contribution is 2.29. The molecule has 1 aromatic carbocycles. The normalized spacial score (nSPS) is 17.1. The Morgan fingerprint density at radius 1 is 1.45 bits per heavy atom. The van der Waals surface area contributed by atoms with E-state index < -0.39 is 0 Å². The molecule has 6 heteroatoms. The van der Waals surface area contributed by atoms with Crippen LogP contribution in [0.5, 0.6) is 0 Å². The van der Waals surface area contributed by atoms with Crippen LogP contribution < -0.4 is 5.32 Å². The number of nitro benzene ring substituents is 1. The van der Waals surface area contributed by atoms with Crippen LogP contribution in [0.3, 0.4) is 0 Å². The van der Waals surface area contributed by atoms with Crippen LogP contribution in [0.4, 0.5) is 11.4 Å². The third-order valence-corrected chi connectivity index (χ3v) is 3.88. The molecule has 1 aliphatic heterocycles. The summed E-state index contributed by atoms with van der Waals surface area (Å²) in [5.41, 5.74) is 0.613. The van der Waals surface area contributed by atoms with Gasteiger partial charge in [0, 0.05) is 30.2 Å². The summed E-state index contributed by atoms with van der Waals surface area (Å²) in [5.74, 6) is 0. The van der Waals surface area contributed by atoms with Crippen LogP contribution in [0.2, 0.25) is 5.02 Å². The highest BCUT2D eigenvalue weighted by atomic mass is 35.5. The fraction of sp³-hybridized carbons (Fsp3) is 0.571. The van der Waals surface area contributed by atoms with Crippen molar-refractivity contribution in [1.82, 2.24) is 4.90 Å². The lowest BCUT2D eigenvalue weighted by Gasteiger charge is -2.32. The lowest BCUT2D eigenvalue weighted by Crippen LogP contribution is -2.39. The van der Waals surface area contributed by atoms with Crippen LogP contribution in [0.1, 0.15) is 26.2 Å². The summed E-state index contributed by atoms with van der Waals surface area (Å²) in [7, 11) is 0. The number of nitrogens with one attached hydrogen (secondary N) is 1. The first-order valence-corrected chi connectivity index (χ1v) is 7.40. The van der Waals surface area contributed by atoms with Crippen LogP contribution in [-0.2, 0) is 0 Å². The molecule has 1 fully saturated rings. The predicted molar refractivity (Wildman–Crippen MR) is 81.5 cm³/mol. The minimum absolute atomic E-state index is 0.0883. The zero-order valence-corrected chi connectivity index (χ0v) is 12.4. The first-order chi connectivity index (χ1) is 9.60. The summed E-state index contributed by atoms with van der Waals surface area (Å²) in [6, 6.07) is 4.92. The number of rotatable bonds is 5. The molecule has 0 unspecified atom stereocenters. The van der Waals surface area contributed by atoms with Crippen LogP contribution in [0.15, 0.2) is 18.2 Å². The Labute approximate surface area is 124 Å². The van der Waals surface area contributed by atoms with Gasteiger partial charge in [0.05, 0.1) is 4.92 Å². The van der Waals surface area contributed by atoms with Gasteiger partial charge in [0.25, 0.3) is 5.69 Å².